The van der Waals surface area contributed by atoms with Crippen LogP contribution in [0, 0.1) is 5.92 Å². The number of likely N-dealkylation sites (tertiary alicyclic amines) is 1. The van der Waals surface area contributed by atoms with Crippen LogP contribution in [0.2, 0.25) is 0 Å². The van der Waals surface area contributed by atoms with E-state index >= 15 is 0 Å². The first kappa shape index (κ1) is 17.9. The summed E-state index contributed by atoms with van der Waals surface area (Å²) in [5.41, 5.74) is 0.546. The number of carbonyl (C=O) groups excluding carboxylic acids is 1. The molecule has 6 nitrogen and oxygen atoms in total. The topological polar surface area (TPSA) is 48.9 Å². The molecule has 3 aliphatic heterocycles. The number of piperazine rings is 1. The number of carbonyl (C=O) groups is 1. The van der Waals surface area contributed by atoms with E-state index in [0.29, 0.717) is 11.5 Å². The molecule has 1 aromatic rings. The van der Waals surface area contributed by atoms with Gasteiger partial charge in [-0.15, -0.1) is 0 Å². The van der Waals surface area contributed by atoms with Crippen molar-refractivity contribution in [1.29, 1.82) is 0 Å². The molecule has 4 heterocycles. The molecular weight excluding hydrogens is 328 g/mol. The van der Waals surface area contributed by atoms with Crippen LogP contribution in [-0.4, -0.2) is 90.7 Å². The molecule has 2 atom stereocenters. The van der Waals surface area contributed by atoms with Crippen molar-refractivity contribution in [2.45, 2.75) is 24.9 Å². The zero-order chi connectivity index (χ0) is 18.0. The fourth-order valence-corrected chi connectivity index (χ4v) is 4.68. The third kappa shape index (κ3) is 3.92. The number of pyridine rings is 1. The average Bonchev–Trinajstić information content (AvgIpc) is 3.05. The van der Waals surface area contributed by atoms with Gasteiger partial charge in [-0.2, -0.15) is 0 Å². The van der Waals surface area contributed by atoms with Gasteiger partial charge in [-0.3, -0.25) is 9.78 Å². The first-order valence-electron chi connectivity index (χ1n) is 9.88. The van der Waals surface area contributed by atoms with E-state index in [-0.39, 0.29) is 11.5 Å². The monoisotopic (exact) mass is 358 g/mol. The Morgan fingerprint density at radius 3 is 2.92 bits per heavy atom. The van der Waals surface area contributed by atoms with E-state index in [2.05, 4.69) is 21.8 Å². The summed E-state index contributed by atoms with van der Waals surface area (Å²) in [4.78, 5) is 23.8. The summed E-state index contributed by atoms with van der Waals surface area (Å²) in [7, 11) is 2.20. The summed E-state index contributed by atoms with van der Waals surface area (Å²) < 4.78 is 6.33. The predicted octanol–water partition coefficient (Wildman–Crippen LogP) is 1.34. The van der Waals surface area contributed by atoms with Crippen LogP contribution >= 0.6 is 0 Å². The van der Waals surface area contributed by atoms with Crippen LogP contribution in [0.5, 0.6) is 0 Å². The minimum absolute atomic E-state index is 0.0864. The van der Waals surface area contributed by atoms with Crippen molar-refractivity contribution in [2.75, 3.05) is 59.5 Å². The van der Waals surface area contributed by atoms with E-state index in [1.54, 1.807) is 12.4 Å². The number of amides is 1. The van der Waals surface area contributed by atoms with Gasteiger partial charge >= 0.3 is 0 Å². The van der Waals surface area contributed by atoms with Crippen molar-refractivity contribution in [3.8, 4) is 0 Å². The number of hydrogen-bond donors (Lipinski definition) is 0. The number of ether oxygens (including phenoxy) is 1. The molecule has 0 N–H and O–H groups in total. The van der Waals surface area contributed by atoms with Crippen LogP contribution in [0.3, 0.4) is 0 Å². The van der Waals surface area contributed by atoms with E-state index in [9.17, 15) is 4.79 Å². The van der Waals surface area contributed by atoms with Gasteiger partial charge < -0.3 is 19.4 Å². The highest BCUT2D eigenvalue weighted by atomic mass is 16.5. The smallest absolute Gasteiger partial charge is 0.255 e. The van der Waals surface area contributed by atoms with Crippen LogP contribution in [0.4, 0.5) is 0 Å². The quantitative estimate of drug-likeness (QED) is 0.816. The Labute approximate surface area is 156 Å². The molecule has 0 aliphatic carbocycles. The molecule has 1 spiro atoms. The Bertz CT molecular complexity index is 617. The maximum atomic E-state index is 12.8. The second kappa shape index (κ2) is 7.62. The second-order valence-corrected chi connectivity index (χ2v) is 8.24. The Balaban J connectivity index is 1.34. The molecular formula is C20H30N4O2. The number of rotatable bonds is 3. The summed E-state index contributed by atoms with van der Waals surface area (Å²) in [6.45, 7) is 8.14. The molecule has 2 unspecified atom stereocenters. The molecule has 6 heteroatoms. The van der Waals surface area contributed by atoms with Gasteiger partial charge in [0.25, 0.3) is 5.91 Å². The molecule has 1 amide bonds. The Hall–Kier alpha value is -1.50. The zero-order valence-electron chi connectivity index (χ0n) is 15.8. The maximum Gasteiger partial charge on any atom is 0.255 e. The van der Waals surface area contributed by atoms with Crippen molar-refractivity contribution in [2.24, 2.45) is 5.92 Å². The number of nitrogens with zero attached hydrogens (tertiary/aromatic N) is 4. The standard InChI is InChI=1S/C20H30N4O2/c1-22-8-10-23(11-9-22)14-17-12-20(26-15-17)5-3-7-24(16-20)19(25)18-4-2-6-21-13-18/h2,4,6,13,17H,3,5,7-12,14-16H2,1H3. The molecule has 3 aliphatic rings. The average molecular weight is 358 g/mol. The normalized spacial score (nSPS) is 30.8. The number of piperidine rings is 1. The molecule has 0 radical (unpaired) electrons. The molecule has 4 rings (SSSR count). The lowest BCUT2D eigenvalue weighted by Crippen LogP contribution is -2.50. The van der Waals surface area contributed by atoms with Gasteiger partial charge in [-0.1, -0.05) is 0 Å². The van der Waals surface area contributed by atoms with Crippen LogP contribution in [0.25, 0.3) is 0 Å². The van der Waals surface area contributed by atoms with E-state index in [1.165, 1.54) is 0 Å². The first-order chi connectivity index (χ1) is 12.6. The van der Waals surface area contributed by atoms with Gasteiger partial charge in [0.2, 0.25) is 0 Å². The van der Waals surface area contributed by atoms with E-state index in [1.807, 2.05) is 17.0 Å². The predicted molar refractivity (Wildman–Crippen MR) is 100 cm³/mol. The largest absolute Gasteiger partial charge is 0.373 e. The van der Waals surface area contributed by atoms with Crippen LogP contribution in [0.15, 0.2) is 24.5 Å². The van der Waals surface area contributed by atoms with Crippen LogP contribution in [-0.2, 0) is 4.74 Å². The van der Waals surface area contributed by atoms with Crippen molar-refractivity contribution in [1.82, 2.24) is 19.7 Å². The highest BCUT2D eigenvalue weighted by Gasteiger charge is 2.44. The lowest BCUT2D eigenvalue weighted by atomic mass is 9.86. The molecule has 3 fully saturated rings. The highest BCUT2D eigenvalue weighted by molar-refractivity contribution is 5.94. The fourth-order valence-electron chi connectivity index (χ4n) is 4.68. The fraction of sp³-hybridized carbons (Fsp3) is 0.700. The van der Waals surface area contributed by atoms with Crippen molar-refractivity contribution < 1.29 is 9.53 Å². The van der Waals surface area contributed by atoms with Gasteiger partial charge in [-0.25, -0.2) is 0 Å². The Morgan fingerprint density at radius 2 is 2.15 bits per heavy atom. The lowest BCUT2D eigenvalue weighted by molar-refractivity contribution is -0.0451. The number of hydrogen-bond acceptors (Lipinski definition) is 5. The van der Waals surface area contributed by atoms with E-state index in [0.717, 1.165) is 71.7 Å². The summed E-state index contributed by atoms with van der Waals surface area (Å²) in [5.74, 6) is 0.676. The van der Waals surface area contributed by atoms with Crippen molar-refractivity contribution >= 4 is 5.91 Å². The zero-order valence-corrected chi connectivity index (χ0v) is 15.8. The van der Waals surface area contributed by atoms with Gasteiger partial charge in [-0.05, 0) is 44.4 Å². The third-order valence-electron chi connectivity index (χ3n) is 6.13. The summed E-state index contributed by atoms with van der Waals surface area (Å²) in [5, 5.41) is 0. The van der Waals surface area contributed by atoms with Crippen LogP contribution in [0.1, 0.15) is 29.6 Å². The second-order valence-electron chi connectivity index (χ2n) is 8.24. The Kier molecular flexibility index (Phi) is 5.25. The summed E-state index contributed by atoms with van der Waals surface area (Å²) >= 11 is 0. The molecule has 26 heavy (non-hydrogen) atoms. The minimum atomic E-state index is -0.132. The molecule has 0 aromatic carbocycles. The van der Waals surface area contributed by atoms with Crippen molar-refractivity contribution in [3.63, 3.8) is 0 Å². The Morgan fingerprint density at radius 1 is 1.31 bits per heavy atom. The third-order valence-corrected chi connectivity index (χ3v) is 6.13. The summed E-state index contributed by atoms with van der Waals surface area (Å²) in [6.07, 6.45) is 6.54. The van der Waals surface area contributed by atoms with E-state index in [4.69, 9.17) is 4.74 Å². The molecule has 0 saturated carbocycles. The molecule has 3 saturated heterocycles. The van der Waals surface area contributed by atoms with Gasteiger partial charge in [0.1, 0.15) is 0 Å². The van der Waals surface area contributed by atoms with Crippen molar-refractivity contribution in [3.05, 3.63) is 30.1 Å². The number of likely N-dealkylation sites (N-methyl/N-ethyl adjacent to an activating group) is 1. The van der Waals surface area contributed by atoms with Gasteiger partial charge in [0.05, 0.1) is 17.8 Å². The van der Waals surface area contributed by atoms with Gasteiger partial charge in [0.15, 0.2) is 0 Å². The number of aromatic nitrogens is 1. The van der Waals surface area contributed by atoms with Gasteiger partial charge in [0, 0.05) is 58.2 Å². The molecule has 1 aromatic heterocycles. The highest BCUT2D eigenvalue weighted by Crippen LogP contribution is 2.38. The SMILES string of the molecule is CN1CCN(CC2COC3(CCCN(C(=O)c4cccnc4)C3)C2)CC1. The lowest BCUT2D eigenvalue weighted by Gasteiger charge is -2.40. The maximum absolute atomic E-state index is 12.8. The minimum Gasteiger partial charge on any atom is -0.373 e. The van der Waals surface area contributed by atoms with E-state index < -0.39 is 0 Å². The van der Waals surface area contributed by atoms with Crippen LogP contribution < -0.4 is 0 Å². The molecule has 0 bridgehead atoms. The first-order valence-corrected chi connectivity index (χ1v) is 9.88. The summed E-state index contributed by atoms with van der Waals surface area (Å²) in [6, 6.07) is 3.67. The molecule has 142 valence electrons.